The van der Waals surface area contributed by atoms with Crippen LogP contribution in [0.1, 0.15) is 90.4 Å². The SMILES string of the molecule is CCCCCC/C=C\CCCCCCCCC(=O)OC[C@@H](O)COP(=O)([O-])OC1C(O)C(O)C(O)[C@@H](O)C1O.[NH4+]. The van der Waals surface area contributed by atoms with Gasteiger partial charge >= 0.3 is 5.97 Å². The van der Waals surface area contributed by atoms with Gasteiger partial charge in [0.25, 0.3) is 7.82 Å². The van der Waals surface area contributed by atoms with Crippen LogP contribution in [0.15, 0.2) is 12.2 Å². The molecule has 1 aliphatic rings. The van der Waals surface area contributed by atoms with Crippen LogP contribution in [0.5, 0.6) is 0 Å². The number of phosphoric ester groups is 1. The molecule has 0 aromatic carbocycles. The molecule has 0 aromatic heterocycles. The van der Waals surface area contributed by atoms with Gasteiger partial charge in [-0.2, -0.15) is 0 Å². The van der Waals surface area contributed by atoms with Crippen molar-refractivity contribution in [3.63, 3.8) is 0 Å². The third kappa shape index (κ3) is 15.9. The van der Waals surface area contributed by atoms with E-state index in [2.05, 4.69) is 28.1 Å². The second kappa shape index (κ2) is 21.7. The second-order valence-corrected chi connectivity index (χ2v) is 11.4. The number of hydrogen-bond donors (Lipinski definition) is 7. The van der Waals surface area contributed by atoms with Crippen molar-refractivity contribution in [2.24, 2.45) is 0 Å². The van der Waals surface area contributed by atoms with E-state index in [4.69, 9.17) is 4.74 Å². The van der Waals surface area contributed by atoms with Gasteiger partial charge in [0.05, 0.1) is 6.61 Å². The van der Waals surface area contributed by atoms with Crippen molar-refractivity contribution in [2.45, 2.75) is 133 Å². The highest BCUT2D eigenvalue weighted by Crippen LogP contribution is 2.43. The fraction of sp³-hybridized carbons (Fsp3) is 0.885. The molecule has 0 aromatic rings. The molecule has 1 saturated carbocycles. The lowest BCUT2D eigenvalue weighted by Gasteiger charge is -2.43. The molecule has 0 aliphatic heterocycles. The zero-order valence-electron chi connectivity index (χ0n) is 23.9. The predicted octanol–water partition coefficient (Wildman–Crippen LogP) is 1.60. The molecule has 1 aliphatic carbocycles. The number of hydrogen-bond acceptors (Lipinski definition) is 12. The smallest absolute Gasteiger partial charge is 0.305 e. The maximum absolute atomic E-state index is 12.0. The predicted molar refractivity (Wildman–Crippen MR) is 146 cm³/mol. The maximum atomic E-state index is 12.0. The van der Waals surface area contributed by atoms with Crippen molar-refractivity contribution in [1.82, 2.24) is 6.15 Å². The molecule has 10 N–H and O–H groups in total. The van der Waals surface area contributed by atoms with Crippen molar-refractivity contribution in [3.8, 4) is 0 Å². The van der Waals surface area contributed by atoms with E-state index >= 15 is 0 Å². The number of unbranched alkanes of at least 4 members (excludes halogenated alkanes) is 10. The standard InChI is InChI=1S/C26H49O12P.H3N/c1-2-3-4-5-6-7-8-9-10-11-12-13-14-15-16-20(28)36-17-19(27)18-37-39(34,35)38-26-24(32)22(30)21(29)23(31)25(26)33;/h7-8,19,21-27,29-33H,2-6,9-18H2,1H3,(H,34,35);1H3/b8-7-;/t19-,21?,22-,23?,24?,25?,26?;/m1./s1. The van der Waals surface area contributed by atoms with Gasteiger partial charge in [0.2, 0.25) is 0 Å². The van der Waals surface area contributed by atoms with E-state index in [0.717, 1.165) is 44.9 Å². The molecule has 0 heterocycles. The number of quaternary nitrogens is 1. The molecule has 0 amide bonds. The van der Waals surface area contributed by atoms with Crippen LogP contribution < -0.4 is 11.0 Å². The van der Waals surface area contributed by atoms with E-state index in [1.807, 2.05) is 0 Å². The van der Waals surface area contributed by atoms with Crippen molar-refractivity contribution >= 4 is 13.8 Å². The molecule has 1 rings (SSSR count). The maximum Gasteiger partial charge on any atom is 0.305 e. The van der Waals surface area contributed by atoms with E-state index in [1.54, 1.807) is 0 Å². The average Bonchev–Trinajstić information content (AvgIpc) is 2.91. The second-order valence-electron chi connectivity index (χ2n) is 10.1. The summed E-state index contributed by atoms with van der Waals surface area (Å²) in [6, 6.07) is 0. The lowest BCUT2D eigenvalue weighted by atomic mass is 9.85. The summed E-state index contributed by atoms with van der Waals surface area (Å²) in [5, 5.41) is 58.4. The van der Waals surface area contributed by atoms with Crippen LogP contribution in [-0.4, -0.2) is 92.5 Å². The van der Waals surface area contributed by atoms with Gasteiger partial charge in [0.1, 0.15) is 49.3 Å². The van der Waals surface area contributed by atoms with E-state index in [-0.39, 0.29) is 12.6 Å². The number of carbonyl (C=O) groups excluding carboxylic acids is 1. The first-order valence-corrected chi connectivity index (χ1v) is 15.5. The summed E-state index contributed by atoms with van der Waals surface area (Å²) < 4.78 is 25.9. The minimum Gasteiger partial charge on any atom is -0.756 e. The van der Waals surface area contributed by atoms with Gasteiger partial charge in [0.15, 0.2) is 0 Å². The summed E-state index contributed by atoms with van der Waals surface area (Å²) in [5.74, 6) is -0.533. The van der Waals surface area contributed by atoms with Gasteiger partial charge in [-0.25, -0.2) is 0 Å². The Balaban J connectivity index is 0.0000152. The number of aliphatic hydroxyl groups is 6. The van der Waals surface area contributed by atoms with Gasteiger partial charge in [-0.05, 0) is 32.1 Å². The molecule has 238 valence electrons. The summed E-state index contributed by atoms with van der Waals surface area (Å²) in [7, 11) is -5.23. The van der Waals surface area contributed by atoms with E-state index in [1.165, 1.54) is 25.7 Å². The highest BCUT2D eigenvalue weighted by Gasteiger charge is 2.50. The zero-order chi connectivity index (χ0) is 29.3. The van der Waals surface area contributed by atoms with Gasteiger partial charge in [-0.1, -0.05) is 64.0 Å². The van der Waals surface area contributed by atoms with E-state index < -0.39 is 69.7 Å². The van der Waals surface area contributed by atoms with Crippen LogP contribution in [0.25, 0.3) is 0 Å². The minimum absolute atomic E-state index is 0. The quantitative estimate of drug-likeness (QED) is 0.0429. The fourth-order valence-corrected chi connectivity index (χ4v) is 5.11. The first-order valence-electron chi connectivity index (χ1n) is 14.0. The fourth-order valence-electron chi connectivity index (χ4n) is 4.15. The molecule has 0 saturated heterocycles. The Bertz CT molecular complexity index is 726. The van der Waals surface area contributed by atoms with Gasteiger partial charge < -0.3 is 55.5 Å². The molecule has 0 spiro atoms. The zero-order valence-corrected chi connectivity index (χ0v) is 24.8. The third-order valence-electron chi connectivity index (χ3n) is 6.58. The highest BCUT2D eigenvalue weighted by molar-refractivity contribution is 7.45. The summed E-state index contributed by atoms with van der Waals surface area (Å²) in [4.78, 5) is 23.8. The normalized spacial score (nSPS) is 27.2. The average molecular weight is 602 g/mol. The van der Waals surface area contributed by atoms with Crippen LogP contribution in [0.4, 0.5) is 0 Å². The van der Waals surface area contributed by atoms with Crippen LogP contribution in [-0.2, 0) is 23.1 Å². The number of ether oxygens (including phenoxy) is 1. The molecule has 14 heteroatoms. The van der Waals surface area contributed by atoms with Crippen molar-refractivity contribution in [3.05, 3.63) is 12.2 Å². The Morgan fingerprint density at radius 3 is 1.82 bits per heavy atom. The number of rotatable bonds is 21. The van der Waals surface area contributed by atoms with Gasteiger partial charge in [-0.3, -0.25) is 9.36 Å². The number of aliphatic hydroxyl groups excluding tert-OH is 6. The van der Waals surface area contributed by atoms with Crippen LogP contribution >= 0.6 is 7.82 Å². The molecule has 8 atom stereocenters. The summed E-state index contributed by atoms with van der Waals surface area (Å²) >= 11 is 0. The number of carbonyl (C=O) groups is 1. The molecule has 40 heavy (non-hydrogen) atoms. The van der Waals surface area contributed by atoms with Crippen molar-refractivity contribution in [2.75, 3.05) is 13.2 Å². The number of allylic oxidation sites excluding steroid dienone is 2. The Labute approximate surface area is 237 Å². The molecule has 0 bridgehead atoms. The molecule has 0 radical (unpaired) electrons. The van der Waals surface area contributed by atoms with Crippen LogP contribution in [0.2, 0.25) is 0 Å². The van der Waals surface area contributed by atoms with E-state index in [9.17, 15) is 44.9 Å². The summed E-state index contributed by atoms with van der Waals surface area (Å²) in [5.41, 5.74) is 0. The van der Waals surface area contributed by atoms with Crippen molar-refractivity contribution in [1.29, 1.82) is 0 Å². The summed E-state index contributed by atoms with van der Waals surface area (Å²) in [6.45, 7) is 0.860. The number of esters is 1. The lowest BCUT2D eigenvalue weighted by molar-refractivity contribution is -0.261. The first-order chi connectivity index (χ1) is 18.5. The third-order valence-corrected chi connectivity index (χ3v) is 7.55. The van der Waals surface area contributed by atoms with Crippen LogP contribution in [0, 0.1) is 0 Å². The van der Waals surface area contributed by atoms with Gasteiger partial charge in [-0.15, -0.1) is 0 Å². The lowest BCUT2D eigenvalue weighted by Crippen LogP contribution is -2.64. The molecular formula is C26H52NO12P. The Hall–Kier alpha value is -0.960. The van der Waals surface area contributed by atoms with E-state index in [0.29, 0.717) is 6.42 Å². The topological polar surface area (TPSA) is 243 Å². The Morgan fingerprint density at radius 1 is 0.800 bits per heavy atom. The Kier molecular flexibility index (Phi) is 21.2. The minimum atomic E-state index is -5.23. The molecule has 13 nitrogen and oxygen atoms in total. The molecular weight excluding hydrogens is 549 g/mol. The Morgan fingerprint density at radius 2 is 1.27 bits per heavy atom. The summed E-state index contributed by atoms with van der Waals surface area (Å²) in [6.07, 6.45) is 4.57. The van der Waals surface area contributed by atoms with Crippen LogP contribution in [0.3, 0.4) is 0 Å². The molecule has 1 fully saturated rings. The number of phosphoric acid groups is 1. The monoisotopic (exact) mass is 601 g/mol. The van der Waals surface area contributed by atoms with Crippen molar-refractivity contribution < 1.29 is 58.7 Å². The van der Waals surface area contributed by atoms with Gasteiger partial charge in [0, 0.05) is 6.42 Å². The largest absolute Gasteiger partial charge is 0.756 e. The first kappa shape index (κ1) is 39.0. The highest BCUT2D eigenvalue weighted by atomic mass is 31.2. The molecule has 6 unspecified atom stereocenters.